The number of amides is 4. The van der Waals surface area contributed by atoms with Crippen molar-refractivity contribution < 1.29 is 19.2 Å². The average molecular weight is 507 g/mol. The molecule has 4 amide bonds. The van der Waals surface area contributed by atoms with E-state index in [0.717, 1.165) is 22.9 Å². The van der Waals surface area contributed by atoms with E-state index < -0.39 is 0 Å². The SMILES string of the molecule is CC(C)NC(=O)CN1CCN(C(=O)c2ccc(C=C3SC(=O)N(Cc4ccccc4)C3=O)cc2)CC1. The smallest absolute Gasteiger partial charge is 0.293 e. The lowest BCUT2D eigenvalue weighted by Gasteiger charge is -2.34. The molecular weight excluding hydrogens is 476 g/mol. The fourth-order valence-electron chi connectivity index (χ4n) is 4.14. The molecule has 4 rings (SSSR count). The van der Waals surface area contributed by atoms with Gasteiger partial charge < -0.3 is 10.2 Å². The topological polar surface area (TPSA) is 90.0 Å². The van der Waals surface area contributed by atoms with Gasteiger partial charge in [-0.3, -0.25) is 29.0 Å². The van der Waals surface area contributed by atoms with E-state index in [9.17, 15) is 19.2 Å². The lowest BCUT2D eigenvalue weighted by molar-refractivity contribution is -0.124. The third-order valence-corrected chi connectivity index (χ3v) is 6.90. The van der Waals surface area contributed by atoms with Crippen LogP contribution in [0.25, 0.3) is 6.08 Å². The summed E-state index contributed by atoms with van der Waals surface area (Å²) in [6.07, 6.45) is 1.69. The number of hydrogen-bond donors (Lipinski definition) is 1. The van der Waals surface area contributed by atoms with Crippen molar-refractivity contribution in [2.75, 3.05) is 32.7 Å². The summed E-state index contributed by atoms with van der Waals surface area (Å²) in [6, 6.07) is 16.6. The first-order valence-corrected chi connectivity index (χ1v) is 12.8. The van der Waals surface area contributed by atoms with Crippen molar-refractivity contribution >= 4 is 40.8 Å². The molecule has 9 heteroatoms. The quantitative estimate of drug-likeness (QED) is 0.580. The van der Waals surface area contributed by atoms with Crippen LogP contribution in [0.5, 0.6) is 0 Å². The Morgan fingerprint density at radius 2 is 1.64 bits per heavy atom. The molecule has 2 saturated heterocycles. The van der Waals surface area contributed by atoms with Gasteiger partial charge in [0.1, 0.15) is 0 Å². The van der Waals surface area contributed by atoms with Gasteiger partial charge in [0, 0.05) is 37.8 Å². The second kappa shape index (κ2) is 11.5. The maximum atomic E-state index is 12.9. The number of nitrogens with zero attached hydrogens (tertiary/aromatic N) is 3. The van der Waals surface area contributed by atoms with Crippen molar-refractivity contribution in [2.24, 2.45) is 0 Å². The molecule has 0 spiro atoms. The van der Waals surface area contributed by atoms with E-state index in [0.29, 0.717) is 43.2 Å². The summed E-state index contributed by atoms with van der Waals surface area (Å²) in [5.74, 6) is -0.372. The van der Waals surface area contributed by atoms with E-state index >= 15 is 0 Å². The van der Waals surface area contributed by atoms with Crippen molar-refractivity contribution in [3.05, 3.63) is 76.2 Å². The van der Waals surface area contributed by atoms with Crippen molar-refractivity contribution in [1.82, 2.24) is 20.0 Å². The third-order valence-electron chi connectivity index (χ3n) is 5.99. The Hall–Kier alpha value is -3.43. The average Bonchev–Trinajstić information content (AvgIpc) is 3.12. The predicted octanol–water partition coefficient (Wildman–Crippen LogP) is 3.21. The minimum atomic E-state index is -0.311. The molecule has 2 aromatic carbocycles. The van der Waals surface area contributed by atoms with Gasteiger partial charge in [0.05, 0.1) is 18.0 Å². The maximum absolute atomic E-state index is 12.9. The molecule has 2 heterocycles. The second-order valence-corrected chi connectivity index (χ2v) is 10.2. The Morgan fingerprint density at radius 3 is 2.28 bits per heavy atom. The first-order valence-electron chi connectivity index (χ1n) is 12.0. The Kier molecular flexibility index (Phi) is 8.22. The van der Waals surface area contributed by atoms with Crippen molar-refractivity contribution in [3.8, 4) is 0 Å². The number of benzene rings is 2. The standard InChI is InChI=1S/C27H30N4O4S/c1-19(2)28-24(32)18-29-12-14-30(15-13-29)25(33)22-10-8-20(9-11-22)16-23-26(34)31(27(35)36-23)17-21-6-4-3-5-7-21/h3-11,16,19H,12-15,17-18H2,1-2H3,(H,28,32). The molecule has 2 aliphatic heterocycles. The highest BCUT2D eigenvalue weighted by atomic mass is 32.2. The van der Waals surface area contributed by atoms with Gasteiger partial charge in [-0.25, -0.2) is 0 Å². The summed E-state index contributed by atoms with van der Waals surface area (Å²) in [5, 5.41) is 2.60. The number of hydrogen-bond acceptors (Lipinski definition) is 6. The van der Waals surface area contributed by atoms with E-state index in [2.05, 4.69) is 10.2 Å². The molecule has 0 radical (unpaired) electrons. The van der Waals surface area contributed by atoms with Gasteiger partial charge in [0.25, 0.3) is 17.1 Å². The highest BCUT2D eigenvalue weighted by molar-refractivity contribution is 8.18. The molecular formula is C27H30N4O4S. The Morgan fingerprint density at radius 1 is 0.972 bits per heavy atom. The fourth-order valence-corrected chi connectivity index (χ4v) is 4.98. The number of imide groups is 1. The Bertz CT molecular complexity index is 1160. The van der Waals surface area contributed by atoms with Crippen LogP contribution < -0.4 is 5.32 Å². The minimum Gasteiger partial charge on any atom is -0.353 e. The molecule has 36 heavy (non-hydrogen) atoms. The predicted molar refractivity (Wildman–Crippen MR) is 140 cm³/mol. The number of rotatable bonds is 7. The minimum absolute atomic E-state index is 0.00159. The molecule has 0 aliphatic carbocycles. The van der Waals surface area contributed by atoms with Crippen molar-refractivity contribution in [3.63, 3.8) is 0 Å². The van der Waals surface area contributed by atoms with Gasteiger partial charge in [0.15, 0.2) is 0 Å². The van der Waals surface area contributed by atoms with E-state index in [4.69, 9.17) is 0 Å². The van der Waals surface area contributed by atoms with Gasteiger partial charge in [-0.15, -0.1) is 0 Å². The zero-order valence-corrected chi connectivity index (χ0v) is 21.3. The maximum Gasteiger partial charge on any atom is 0.293 e. The molecule has 0 atom stereocenters. The molecule has 188 valence electrons. The van der Waals surface area contributed by atoms with Crippen molar-refractivity contribution in [2.45, 2.75) is 26.4 Å². The van der Waals surface area contributed by atoms with E-state index in [1.807, 2.05) is 44.2 Å². The van der Waals surface area contributed by atoms with Gasteiger partial charge >= 0.3 is 0 Å². The number of thioether (sulfide) groups is 1. The molecule has 0 aromatic heterocycles. The zero-order chi connectivity index (χ0) is 25.7. The Balaban J connectivity index is 1.33. The van der Waals surface area contributed by atoms with Gasteiger partial charge in [-0.1, -0.05) is 42.5 Å². The van der Waals surface area contributed by atoms with Crippen LogP contribution in [0.2, 0.25) is 0 Å². The molecule has 2 fully saturated rings. The highest BCUT2D eigenvalue weighted by Crippen LogP contribution is 2.33. The summed E-state index contributed by atoms with van der Waals surface area (Å²) < 4.78 is 0. The molecule has 0 bridgehead atoms. The highest BCUT2D eigenvalue weighted by Gasteiger charge is 2.35. The van der Waals surface area contributed by atoms with E-state index in [-0.39, 0.29) is 35.5 Å². The van der Waals surface area contributed by atoms with Crippen LogP contribution in [0.4, 0.5) is 4.79 Å². The summed E-state index contributed by atoms with van der Waals surface area (Å²) >= 11 is 0.927. The summed E-state index contributed by atoms with van der Waals surface area (Å²) in [7, 11) is 0. The van der Waals surface area contributed by atoms with Crippen LogP contribution in [-0.4, -0.2) is 76.4 Å². The van der Waals surface area contributed by atoms with Gasteiger partial charge in [0.2, 0.25) is 5.91 Å². The van der Waals surface area contributed by atoms with Crippen LogP contribution in [0.3, 0.4) is 0 Å². The van der Waals surface area contributed by atoms with Crippen LogP contribution in [0.15, 0.2) is 59.5 Å². The number of carbonyl (C=O) groups is 4. The Labute approximate surface area is 215 Å². The summed E-state index contributed by atoms with van der Waals surface area (Å²) in [5.41, 5.74) is 2.21. The first-order chi connectivity index (χ1) is 17.3. The van der Waals surface area contributed by atoms with Crippen LogP contribution in [0.1, 0.15) is 35.3 Å². The first kappa shape index (κ1) is 25.7. The van der Waals surface area contributed by atoms with Gasteiger partial charge in [-0.05, 0) is 54.9 Å². The van der Waals surface area contributed by atoms with Crippen molar-refractivity contribution in [1.29, 1.82) is 0 Å². The van der Waals surface area contributed by atoms with Crippen LogP contribution in [-0.2, 0) is 16.1 Å². The van der Waals surface area contributed by atoms with Crippen LogP contribution in [0, 0.1) is 0 Å². The molecule has 8 nitrogen and oxygen atoms in total. The number of nitrogens with one attached hydrogen (secondary N) is 1. The lowest BCUT2D eigenvalue weighted by Crippen LogP contribution is -2.51. The third kappa shape index (κ3) is 6.41. The lowest BCUT2D eigenvalue weighted by atomic mass is 10.1. The van der Waals surface area contributed by atoms with E-state index in [1.165, 1.54) is 4.90 Å². The number of carbonyl (C=O) groups excluding carboxylic acids is 4. The normalized spacial score (nSPS) is 17.8. The van der Waals surface area contributed by atoms with Gasteiger partial charge in [-0.2, -0.15) is 0 Å². The molecule has 2 aromatic rings. The summed E-state index contributed by atoms with van der Waals surface area (Å²) in [6.45, 7) is 6.86. The zero-order valence-electron chi connectivity index (χ0n) is 20.5. The molecule has 0 unspecified atom stereocenters. The van der Waals surface area contributed by atoms with Crippen LogP contribution >= 0.6 is 11.8 Å². The fraction of sp³-hybridized carbons (Fsp3) is 0.333. The molecule has 1 N–H and O–H groups in total. The molecule has 2 aliphatic rings. The second-order valence-electron chi connectivity index (χ2n) is 9.17. The molecule has 0 saturated carbocycles. The summed E-state index contributed by atoms with van der Waals surface area (Å²) in [4.78, 5) is 55.5. The monoisotopic (exact) mass is 506 g/mol. The number of piperazine rings is 1. The largest absolute Gasteiger partial charge is 0.353 e. The van der Waals surface area contributed by atoms with E-state index in [1.54, 1.807) is 35.2 Å².